The monoisotopic (exact) mass is 554 g/mol. The Kier molecular flexibility index (Phi) is 5.69. The molecule has 0 saturated heterocycles. The molecule has 5 aromatic rings. The van der Waals surface area contributed by atoms with Gasteiger partial charge >= 0.3 is 0 Å². The molecular formula is C30H27ClN6O3. The van der Waals surface area contributed by atoms with Gasteiger partial charge in [0.1, 0.15) is 10.8 Å². The minimum absolute atomic E-state index is 0.000941. The Morgan fingerprint density at radius 3 is 2.77 bits per heavy atom. The molecule has 40 heavy (non-hydrogen) atoms. The molecule has 202 valence electrons. The van der Waals surface area contributed by atoms with Crippen LogP contribution < -0.4 is 10.9 Å². The summed E-state index contributed by atoms with van der Waals surface area (Å²) in [5.41, 5.74) is 6.23. The molecule has 9 nitrogen and oxygen atoms in total. The van der Waals surface area contributed by atoms with Crippen LogP contribution >= 0.6 is 11.6 Å². The molecule has 1 unspecified atom stereocenters. The fourth-order valence-corrected chi connectivity index (χ4v) is 6.33. The molecule has 0 radical (unpaired) electrons. The van der Waals surface area contributed by atoms with Gasteiger partial charge in [-0.15, -0.1) is 0 Å². The SMILES string of the molecule is Cc1cc(C(CO)Nc2ccc(Cl)nc2-c2ccc3c(c2)CN(C)C3=O)c2c(c1)c(=O)n1c3c2cnn3CCC1. The first-order valence-corrected chi connectivity index (χ1v) is 13.7. The number of aryl methyl sites for hydroxylation is 3. The van der Waals surface area contributed by atoms with Crippen molar-refractivity contribution in [1.82, 2.24) is 24.2 Å². The highest BCUT2D eigenvalue weighted by molar-refractivity contribution is 6.29. The minimum Gasteiger partial charge on any atom is -0.394 e. The van der Waals surface area contributed by atoms with Crippen LogP contribution in [0.2, 0.25) is 5.15 Å². The molecule has 0 fully saturated rings. The Morgan fingerprint density at radius 1 is 1.10 bits per heavy atom. The van der Waals surface area contributed by atoms with Gasteiger partial charge in [-0.2, -0.15) is 5.10 Å². The predicted molar refractivity (Wildman–Crippen MR) is 155 cm³/mol. The molecule has 0 saturated carbocycles. The van der Waals surface area contributed by atoms with Crippen molar-refractivity contribution in [2.24, 2.45) is 0 Å². The number of aromatic nitrogens is 4. The number of carbonyl (C=O) groups excluding carboxylic acids is 1. The van der Waals surface area contributed by atoms with Crippen LogP contribution in [0.3, 0.4) is 0 Å². The van der Waals surface area contributed by atoms with E-state index in [2.05, 4.69) is 15.4 Å². The molecule has 3 aromatic heterocycles. The molecule has 0 spiro atoms. The number of pyridine rings is 2. The number of nitrogens with one attached hydrogen (secondary N) is 1. The van der Waals surface area contributed by atoms with Crippen molar-refractivity contribution in [2.45, 2.75) is 39.0 Å². The predicted octanol–water partition coefficient (Wildman–Crippen LogP) is 4.51. The van der Waals surface area contributed by atoms with E-state index in [1.807, 2.05) is 58.8 Å². The van der Waals surface area contributed by atoms with Crippen molar-refractivity contribution >= 4 is 45.0 Å². The first kappa shape index (κ1) is 24.8. The number of anilines is 1. The van der Waals surface area contributed by atoms with E-state index in [0.29, 0.717) is 40.6 Å². The van der Waals surface area contributed by atoms with Gasteiger partial charge in [0.15, 0.2) is 0 Å². The Balaban J connectivity index is 1.37. The third-order valence-corrected chi connectivity index (χ3v) is 8.20. The summed E-state index contributed by atoms with van der Waals surface area (Å²) >= 11 is 6.34. The summed E-state index contributed by atoms with van der Waals surface area (Å²) in [6.07, 6.45) is 2.68. The highest BCUT2D eigenvalue weighted by Gasteiger charge is 2.27. The summed E-state index contributed by atoms with van der Waals surface area (Å²) in [4.78, 5) is 32.4. The molecule has 5 heterocycles. The molecule has 0 bridgehead atoms. The van der Waals surface area contributed by atoms with Crippen LogP contribution in [-0.2, 0) is 19.6 Å². The number of amides is 1. The lowest BCUT2D eigenvalue weighted by Crippen LogP contribution is -2.27. The summed E-state index contributed by atoms with van der Waals surface area (Å²) in [6.45, 7) is 3.69. The normalized spacial score (nSPS) is 15.2. The third-order valence-electron chi connectivity index (χ3n) is 7.99. The summed E-state index contributed by atoms with van der Waals surface area (Å²) in [5.74, 6) is -0.000941. The van der Waals surface area contributed by atoms with Crippen LogP contribution in [0.4, 0.5) is 5.69 Å². The van der Waals surface area contributed by atoms with Gasteiger partial charge in [0, 0.05) is 54.0 Å². The maximum Gasteiger partial charge on any atom is 0.260 e. The van der Waals surface area contributed by atoms with Crippen LogP contribution in [0.1, 0.15) is 39.5 Å². The number of rotatable bonds is 5. The molecule has 2 aliphatic heterocycles. The van der Waals surface area contributed by atoms with Crippen molar-refractivity contribution in [3.8, 4) is 11.3 Å². The average molecular weight is 555 g/mol. The first-order chi connectivity index (χ1) is 19.3. The average Bonchev–Trinajstić information content (AvgIpc) is 3.51. The van der Waals surface area contributed by atoms with Gasteiger partial charge in [-0.05, 0) is 60.4 Å². The van der Waals surface area contributed by atoms with E-state index < -0.39 is 6.04 Å². The van der Waals surface area contributed by atoms with Crippen LogP contribution in [0, 0.1) is 6.92 Å². The molecule has 2 aliphatic rings. The summed E-state index contributed by atoms with van der Waals surface area (Å²) in [6, 6.07) is 12.6. The molecule has 2 aromatic carbocycles. The quantitative estimate of drug-likeness (QED) is 0.310. The molecule has 1 amide bonds. The van der Waals surface area contributed by atoms with Gasteiger partial charge in [0.05, 0.1) is 30.2 Å². The van der Waals surface area contributed by atoms with Crippen molar-refractivity contribution in [3.05, 3.63) is 86.4 Å². The lowest BCUT2D eigenvalue weighted by Gasteiger charge is -2.24. The van der Waals surface area contributed by atoms with E-state index in [1.165, 1.54) is 0 Å². The molecular weight excluding hydrogens is 528 g/mol. The number of fused-ring (bicyclic) bond motifs is 3. The largest absolute Gasteiger partial charge is 0.394 e. The number of aliphatic hydroxyl groups is 1. The zero-order chi connectivity index (χ0) is 27.7. The van der Waals surface area contributed by atoms with E-state index in [1.54, 1.807) is 18.0 Å². The Labute approximate surface area is 234 Å². The first-order valence-electron chi connectivity index (χ1n) is 13.3. The Morgan fingerprint density at radius 2 is 1.95 bits per heavy atom. The van der Waals surface area contributed by atoms with Crippen molar-refractivity contribution in [1.29, 1.82) is 0 Å². The van der Waals surface area contributed by atoms with Gasteiger partial charge < -0.3 is 15.3 Å². The number of carbonyl (C=O) groups is 1. The van der Waals surface area contributed by atoms with Crippen LogP contribution in [0.25, 0.3) is 33.1 Å². The zero-order valence-corrected chi connectivity index (χ0v) is 22.9. The maximum absolute atomic E-state index is 13.6. The summed E-state index contributed by atoms with van der Waals surface area (Å²) in [5, 5.41) is 21.4. The van der Waals surface area contributed by atoms with E-state index in [0.717, 1.165) is 51.6 Å². The van der Waals surface area contributed by atoms with Gasteiger partial charge in [-0.3, -0.25) is 14.2 Å². The van der Waals surface area contributed by atoms with E-state index in [4.69, 9.17) is 11.6 Å². The van der Waals surface area contributed by atoms with E-state index >= 15 is 0 Å². The zero-order valence-electron chi connectivity index (χ0n) is 22.1. The standard InChI is InChI=1S/C30H27ClN6O3/c1-16-10-20(26-21(11-16)30(40)36-8-3-9-37-28(36)22(26)13-32-37)24(15-38)33-23-6-7-25(31)34-27(23)17-4-5-19-18(12-17)14-35(2)29(19)39/h4-7,10-13,24,33,38H,3,8-9,14-15H2,1-2H3. The third kappa shape index (κ3) is 3.72. The molecule has 2 N–H and O–H groups in total. The number of benzene rings is 2. The molecule has 1 atom stereocenters. The second-order valence-corrected chi connectivity index (χ2v) is 11.0. The van der Waals surface area contributed by atoms with Crippen LogP contribution in [-0.4, -0.2) is 48.9 Å². The van der Waals surface area contributed by atoms with E-state index in [9.17, 15) is 14.7 Å². The Bertz CT molecular complexity index is 1930. The molecule has 0 aliphatic carbocycles. The second-order valence-electron chi connectivity index (χ2n) is 10.6. The van der Waals surface area contributed by atoms with Crippen LogP contribution in [0.15, 0.2) is 53.5 Å². The summed E-state index contributed by atoms with van der Waals surface area (Å²) < 4.78 is 3.71. The highest BCUT2D eigenvalue weighted by Crippen LogP contribution is 2.37. The number of hydrogen-bond acceptors (Lipinski definition) is 6. The number of halogens is 1. The van der Waals surface area contributed by atoms with Crippen molar-refractivity contribution in [3.63, 3.8) is 0 Å². The second kappa shape index (κ2) is 9.18. The summed E-state index contributed by atoms with van der Waals surface area (Å²) in [7, 11) is 1.78. The smallest absolute Gasteiger partial charge is 0.260 e. The lowest BCUT2D eigenvalue weighted by atomic mass is 9.94. The topological polar surface area (TPSA) is 105 Å². The number of nitrogens with zero attached hydrogens (tertiary/aromatic N) is 5. The lowest BCUT2D eigenvalue weighted by molar-refractivity contribution is 0.0816. The molecule has 7 rings (SSSR count). The van der Waals surface area contributed by atoms with Gasteiger partial charge in [-0.25, -0.2) is 9.67 Å². The highest BCUT2D eigenvalue weighted by atomic mass is 35.5. The maximum atomic E-state index is 13.6. The number of aliphatic hydroxyl groups excluding tert-OH is 1. The van der Waals surface area contributed by atoms with E-state index in [-0.39, 0.29) is 18.1 Å². The fraction of sp³-hybridized carbons (Fsp3) is 0.267. The van der Waals surface area contributed by atoms with Gasteiger partial charge in [0.2, 0.25) is 0 Å². The van der Waals surface area contributed by atoms with Crippen molar-refractivity contribution < 1.29 is 9.90 Å². The number of hydrogen-bond donors (Lipinski definition) is 2. The Hall–Kier alpha value is -4.21. The molecule has 10 heteroatoms. The van der Waals surface area contributed by atoms with Gasteiger partial charge in [0.25, 0.3) is 11.5 Å². The van der Waals surface area contributed by atoms with Crippen molar-refractivity contribution in [2.75, 3.05) is 19.0 Å². The van der Waals surface area contributed by atoms with Gasteiger partial charge in [-0.1, -0.05) is 23.7 Å². The fourth-order valence-electron chi connectivity index (χ4n) is 6.18. The minimum atomic E-state index is -0.545. The van der Waals surface area contributed by atoms with Crippen LogP contribution in [0.5, 0.6) is 0 Å².